The molecule has 0 N–H and O–H groups in total. The minimum atomic E-state index is -3.44. The summed E-state index contributed by atoms with van der Waals surface area (Å²) >= 11 is 10.5. The maximum atomic E-state index is 12.9. The fourth-order valence-corrected chi connectivity index (χ4v) is 6.94. The minimum absolute atomic E-state index is 0.141. The first-order valence-corrected chi connectivity index (χ1v) is 10.2. The number of hydrogen-bond donors (Lipinski definition) is 0. The van der Waals surface area contributed by atoms with E-state index >= 15 is 0 Å². The van der Waals surface area contributed by atoms with Crippen LogP contribution in [0.5, 0.6) is 0 Å². The van der Waals surface area contributed by atoms with Crippen molar-refractivity contribution in [1.29, 1.82) is 0 Å². The zero-order valence-electron chi connectivity index (χ0n) is 11.6. The van der Waals surface area contributed by atoms with E-state index in [2.05, 4.69) is 29.8 Å². The lowest BCUT2D eigenvalue weighted by Gasteiger charge is -2.29. The van der Waals surface area contributed by atoms with Crippen molar-refractivity contribution in [2.24, 2.45) is 5.92 Å². The predicted molar refractivity (Wildman–Crippen MR) is 88.0 cm³/mol. The lowest BCUT2D eigenvalue weighted by molar-refractivity contribution is 0.293. The van der Waals surface area contributed by atoms with Crippen LogP contribution in [0.25, 0.3) is 0 Å². The third-order valence-electron chi connectivity index (χ3n) is 3.46. The molecule has 1 fully saturated rings. The van der Waals surface area contributed by atoms with E-state index in [-0.39, 0.29) is 6.04 Å². The highest BCUT2D eigenvalue weighted by Crippen LogP contribution is 2.38. The Kier molecular flexibility index (Phi) is 5.57. The summed E-state index contributed by atoms with van der Waals surface area (Å²) in [4.78, 5) is 0. The molecule has 1 aromatic rings. The molecule has 0 aliphatic heterocycles. The van der Waals surface area contributed by atoms with Gasteiger partial charge in [-0.05, 0) is 40.8 Å². The van der Waals surface area contributed by atoms with Gasteiger partial charge in [-0.2, -0.15) is 4.31 Å². The molecule has 1 saturated carbocycles. The minimum Gasteiger partial charge on any atom is -0.206 e. The smallest absolute Gasteiger partial charge is 0.206 e. The van der Waals surface area contributed by atoms with Crippen molar-refractivity contribution in [3.05, 3.63) is 14.9 Å². The molecular weight excluding hydrogens is 382 g/mol. The number of sulfonamides is 1. The fourth-order valence-electron chi connectivity index (χ4n) is 2.57. The zero-order chi connectivity index (χ0) is 14.9. The number of thiophene rings is 1. The highest BCUT2D eigenvalue weighted by atomic mass is 79.9. The lowest BCUT2D eigenvalue weighted by Crippen LogP contribution is -2.40. The van der Waals surface area contributed by atoms with E-state index in [0.29, 0.717) is 25.5 Å². The molecule has 3 nitrogen and oxygen atoms in total. The molecule has 0 radical (unpaired) electrons. The van der Waals surface area contributed by atoms with Gasteiger partial charge in [-0.15, -0.1) is 11.3 Å². The molecule has 0 unspecified atom stereocenters. The first-order chi connectivity index (χ1) is 9.32. The van der Waals surface area contributed by atoms with Crippen LogP contribution < -0.4 is 0 Å². The van der Waals surface area contributed by atoms with E-state index < -0.39 is 10.0 Å². The summed E-state index contributed by atoms with van der Waals surface area (Å²) in [5.74, 6) is 0.309. The van der Waals surface area contributed by atoms with Crippen LogP contribution in [0.2, 0.25) is 5.02 Å². The van der Waals surface area contributed by atoms with E-state index in [0.717, 1.165) is 25.7 Å². The standard InChI is InChI=1S/C13H19BrClNO2S2/c1-9(2)8-16(10-5-3-4-6-10)20(17,18)12-7-11(15)13(14)19-12/h7,9-10H,3-6,8H2,1-2H3. The van der Waals surface area contributed by atoms with Crippen LogP contribution in [0.1, 0.15) is 39.5 Å². The molecule has 0 aromatic carbocycles. The van der Waals surface area contributed by atoms with Crippen LogP contribution in [0.4, 0.5) is 0 Å². The number of halogens is 2. The second kappa shape index (κ2) is 6.65. The summed E-state index contributed by atoms with van der Waals surface area (Å²) in [7, 11) is -3.44. The average molecular weight is 401 g/mol. The summed E-state index contributed by atoms with van der Waals surface area (Å²) in [5.41, 5.74) is 0. The van der Waals surface area contributed by atoms with Gasteiger partial charge in [0.05, 0.1) is 8.81 Å². The van der Waals surface area contributed by atoms with Crippen molar-refractivity contribution in [3.63, 3.8) is 0 Å². The summed E-state index contributed by atoms with van der Waals surface area (Å²) < 4.78 is 28.5. The maximum Gasteiger partial charge on any atom is 0.252 e. The van der Waals surface area contributed by atoms with Crippen molar-refractivity contribution >= 4 is 48.9 Å². The molecule has 0 saturated heterocycles. The van der Waals surface area contributed by atoms with Crippen LogP contribution >= 0.6 is 38.9 Å². The van der Waals surface area contributed by atoms with E-state index in [1.54, 1.807) is 10.4 Å². The van der Waals surface area contributed by atoms with Crippen LogP contribution in [0, 0.1) is 5.92 Å². The fraction of sp³-hybridized carbons (Fsp3) is 0.692. The molecule has 0 atom stereocenters. The molecule has 7 heteroatoms. The van der Waals surface area contributed by atoms with Gasteiger partial charge < -0.3 is 0 Å². The number of hydrogen-bond acceptors (Lipinski definition) is 3. The molecule has 114 valence electrons. The van der Waals surface area contributed by atoms with E-state index in [1.165, 1.54) is 11.3 Å². The second-order valence-corrected chi connectivity index (χ2v) is 10.5. The molecule has 2 rings (SSSR count). The van der Waals surface area contributed by atoms with Gasteiger partial charge in [0.2, 0.25) is 0 Å². The largest absolute Gasteiger partial charge is 0.252 e. The highest BCUT2D eigenvalue weighted by Gasteiger charge is 2.34. The summed E-state index contributed by atoms with van der Waals surface area (Å²) in [6.45, 7) is 4.67. The Morgan fingerprint density at radius 1 is 1.45 bits per heavy atom. The Labute approximate surface area is 138 Å². The summed E-state index contributed by atoms with van der Waals surface area (Å²) in [5, 5.41) is 0.462. The van der Waals surface area contributed by atoms with E-state index in [1.807, 2.05) is 0 Å². The molecule has 0 amide bonds. The van der Waals surface area contributed by atoms with Gasteiger partial charge in [-0.1, -0.05) is 38.3 Å². The van der Waals surface area contributed by atoms with Crippen LogP contribution in [-0.2, 0) is 10.0 Å². The SMILES string of the molecule is CC(C)CN(C1CCCC1)S(=O)(=O)c1cc(Cl)c(Br)s1. The van der Waals surface area contributed by atoms with Crippen molar-refractivity contribution in [1.82, 2.24) is 4.31 Å². The van der Waals surface area contributed by atoms with Gasteiger partial charge in [0, 0.05) is 12.6 Å². The quantitative estimate of drug-likeness (QED) is 0.715. The Bertz CT molecular complexity index is 545. The molecule has 1 heterocycles. The summed E-state index contributed by atoms with van der Waals surface area (Å²) in [6.07, 6.45) is 4.16. The van der Waals surface area contributed by atoms with Gasteiger partial charge in [-0.25, -0.2) is 8.42 Å². The van der Waals surface area contributed by atoms with E-state index in [9.17, 15) is 8.42 Å². The molecule has 20 heavy (non-hydrogen) atoms. The van der Waals surface area contributed by atoms with Gasteiger partial charge in [0.15, 0.2) is 0 Å². The number of rotatable bonds is 5. The number of nitrogens with zero attached hydrogens (tertiary/aromatic N) is 1. The topological polar surface area (TPSA) is 37.4 Å². The molecule has 0 bridgehead atoms. The van der Waals surface area contributed by atoms with Gasteiger partial charge in [-0.3, -0.25) is 0 Å². The van der Waals surface area contributed by atoms with Crippen LogP contribution in [-0.4, -0.2) is 25.3 Å². The third-order valence-corrected chi connectivity index (χ3v) is 8.30. The molecule has 1 aliphatic rings. The first kappa shape index (κ1) is 16.7. The zero-order valence-corrected chi connectivity index (χ0v) is 15.6. The predicted octanol–water partition coefficient (Wildman–Crippen LogP) is 4.75. The van der Waals surface area contributed by atoms with Crippen LogP contribution in [0.15, 0.2) is 14.1 Å². The molecular formula is C13H19BrClNO2S2. The molecule has 1 aliphatic carbocycles. The van der Waals surface area contributed by atoms with Gasteiger partial charge in [0.25, 0.3) is 10.0 Å². The Morgan fingerprint density at radius 2 is 2.05 bits per heavy atom. The highest BCUT2D eigenvalue weighted by molar-refractivity contribution is 9.11. The van der Waals surface area contributed by atoms with Crippen molar-refractivity contribution in [2.75, 3.05) is 6.54 Å². The van der Waals surface area contributed by atoms with Crippen molar-refractivity contribution in [2.45, 2.75) is 49.8 Å². The maximum absolute atomic E-state index is 12.9. The Hall–Kier alpha value is 0.380. The third kappa shape index (κ3) is 3.58. The monoisotopic (exact) mass is 399 g/mol. The first-order valence-electron chi connectivity index (χ1n) is 6.79. The van der Waals surface area contributed by atoms with E-state index in [4.69, 9.17) is 11.6 Å². The Balaban J connectivity index is 2.35. The van der Waals surface area contributed by atoms with Crippen molar-refractivity contribution in [3.8, 4) is 0 Å². The average Bonchev–Trinajstić information content (AvgIpc) is 2.97. The molecule has 1 aromatic heterocycles. The van der Waals surface area contributed by atoms with Crippen LogP contribution in [0.3, 0.4) is 0 Å². The Morgan fingerprint density at radius 3 is 2.50 bits per heavy atom. The normalized spacial score (nSPS) is 17.5. The second-order valence-electron chi connectivity index (χ2n) is 5.59. The lowest BCUT2D eigenvalue weighted by atomic mass is 10.2. The van der Waals surface area contributed by atoms with Gasteiger partial charge in [0.1, 0.15) is 4.21 Å². The summed E-state index contributed by atoms with van der Waals surface area (Å²) in [6, 6.07) is 1.69. The van der Waals surface area contributed by atoms with Gasteiger partial charge >= 0.3 is 0 Å². The molecule has 0 spiro atoms. The van der Waals surface area contributed by atoms with Crippen molar-refractivity contribution < 1.29 is 8.42 Å².